The maximum atomic E-state index is 12.6. The lowest BCUT2D eigenvalue weighted by molar-refractivity contribution is 0.0690. The number of ether oxygens (including phenoxy) is 2. The number of nitrogens with zero attached hydrogens (tertiary/aromatic N) is 4. The summed E-state index contributed by atoms with van der Waals surface area (Å²) in [4.78, 5) is 14.3. The SMILES string of the molecule is CC(C1CCC1)N(C)C(=O)OCc1c(-c2ccc(OC3CCCCC3)cc2)nnn1C. The molecule has 2 aromatic rings. The second kappa shape index (κ2) is 9.71. The van der Waals surface area contributed by atoms with E-state index in [9.17, 15) is 4.79 Å². The molecule has 0 radical (unpaired) electrons. The molecule has 2 fully saturated rings. The fourth-order valence-electron chi connectivity index (χ4n) is 4.47. The summed E-state index contributed by atoms with van der Waals surface area (Å²) >= 11 is 0. The lowest BCUT2D eigenvalue weighted by atomic mass is 9.80. The largest absolute Gasteiger partial charge is 0.490 e. The highest BCUT2D eigenvalue weighted by atomic mass is 16.6. The molecule has 1 atom stereocenters. The summed E-state index contributed by atoms with van der Waals surface area (Å²) in [5.74, 6) is 1.47. The molecule has 0 bridgehead atoms. The Morgan fingerprint density at radius 3 is 2.48 bits per heavy atom. The molecule has 1 unspecified atom stereocenters. The molecule has 2 saturated carbocycles. The Hall–Kier alpha value is -2.57. The molecule has 0 N–H and O–H groups in total. The number of carbonyl (C=O) groups is 1. The molecule has 0 aliphatic heterocycles. The van der Waals surface area contributed by atoms with Gasteiger partial charge in [-0.05, 0) is 75.6 Å². The minimum absolute atomic E-state index is 0.139. The van der Waals surface area contributed by atoms with E-state index in [0.29, 0.717) is 12.0 Å². The van der Waals surface area contributed by atoms with E-state index in [2.05, 4.69) is 17.2 Å². The van der Waals surface area contributed by atoms with Crippen LogP contribution in [0.1, 0.15) is 64.0 Å². The second-order valence-corrected chi connectivity index (χ2v) is 9.01. The average Bonchev–Trinajstić information content (AvgIpc) is 3.11. The van der Waals surface area contributed by atoms with Gasteiger partial charge in [-0.2, -0.15) is 0 Å². The first-order valence-corrected chi connectivity index (χ1v) is 11.6. The highest BCUT2D eigenvalue weighted by Gasteiger charge is 2.30. The first-order valence-electron chi connectivity index (χ1n) is 11.6. The Labute approximate surface area is 184 Å². The summed E-state index contributed by atoms with van der Waals surface area (Å²) < 4.78 is 13.4. The van der Waals surface area contributed by atoms with E-state index in [-0.39, 0.29) is 18.7 Å². The molecule has 168 valence electrons. The number of hydrogen-bond donors (Lipinski definition) is 0. The van der Waals surface area contributed by atoms with Crippen LogP contribution in [0.25, 0.3) is 11.3 Å². The first-order chi connectivity index (χ1) is 15.0. The maximum absolute atomic E-state index is 12.6. The van der Waals surface area contributed by atoms with Gasteiger partial charge in [0.2, 0.25) is 0 Å². The minimum Gasteiger partial charge on any atom is -0.490 e. The zero-order valence-corrected chi connectivity index (χ0v) is 18.9. The molecular weight excluding hydrogens is 392 g/mol. The van der Waals surface area contributed by atoms with Crippen molar-refractivity contribution in [1.29, 1.82) is 0 Å². The molecule has 0 spiro atoms. The zero-order chi connectivity index (χ0) is 21.8. The molecule has 31 heavy (non-hydrogen) atoms. The Morgan fingerprint density at radius 1 is 1.13 bits per heavy atom. The van der Waals surface area contributed by atoms with Crippen LogP contribution in [0.5, 0.6) is 5.75 Å². The Kier molecular flexibility index (Phi) is 6.78. The molecule has 1 aromatic carbocycles. The van der Waals surface area contributed by atoms with Gasteiger partial charge in [0, 0.05) is 25.7 Å². The van der Waals surface area contributed by atoms with Gasteiger partial charge in [-0.1, -0.05) is 18.1 Å². The van der Waals surface area contributed by atoms with Crippen LogP contribution in [-0.2, 0) is 18.4 Å². The predicted octanol–water partition coefficient (Wildman–Crippen LogP) is 4.95. The molecule has 2 aliphatic rings. The predicted molar refractivity (Wildman–Crippen MR) is 119 cm³/mol. The summed E-state index contributed by atoms with van der Waals surface area (Å²) in [7, 11) is 3.64. The van der Waals surface area contributed by atoms with Crippen molar-refractivity contribution >= 4 is 6.09 Å². The van der Waals surface area contributed by atoms with Crippen molar-refractivity contribution in [1.82, 2.24) is 19.9 Å². The van der Waals surface area contributed by atoms with E-state index in [4.69, 9.17) is 9.47 Å². The third-order valence-corrected chi connectivity index (χ3v) is 6.99. The van der Waals surface area contributed by atoms with Crippen LogP contribution in [0.15, 0.2) is 24.3 Å². The lowest BCUT2D eigenvalue weighted by Gasteiger charge is -2.36. The van der Waals surface area contributed by atoms with Crippen molar-refractivity contribution in [3.8, 4) is 17.0 Å². The smallest absolute Gasteiger partial charge is 0.410 e. The third-order valence-electron chi connectivity index (χ3n) is 6.99. The van der Waals surface area contributed by atoms with Gasteiger partial charge in [-0.15, -0.1) is 5.10 Å². The van der Waals surface area contributed by atoms with Gasteiger partial charge in [0.05, 0.1) is 6.10 Å². The summed E-state index contributed by atoms with van der Waals surface area (Å²) in [6, 6.07) is 8.17. The lowest BCUT2D eigenvalue weighted by Crippen LogP contribution is -2.42. The topological polar surface area (TPSA) is 69.5 Å². The van der Waals surface area contributed by atoms with Crippen LogP contribution >= 0.6 is 0 Å². The minimum atomic E-state index is -0.303. The molecule has 1 heterocycles. The van der Waals surface area contributed by atoms with Gasteiger partial charge in [0.1, 0.15) is 23.7 Å². The van der Waals surface area contributed by atoms with E-state index in [1.165, 1.54) is 38.5 Å². The van der Waals surface area contributed by atoms with Gasteiger partial charge in [-0.25, -0.2) is 9.48 Å². The molecule has 0 saturated heterocycles. The molecule has 2 aliphatic carbocycles. The van der Waals surface area contributed by atoms with Gasteiger partial charge in [0.25, 0.3) is 0 Å². The normalized spacial score (nSPS) is 18.3. The number of hydrogen-bond acceptors (Lipinski definition) is 5. The number of amides is 1. The summed E-state index contributed by atoms with van der Waals surface area (Å²) in [6.45, 7) is 2.23. The highest BCUT2D eigenvalue weighted by Crippen LogP contribution is 2.32. The van der Waals surface area contributed by atoms with Crippen LogP contribution in [0.3, 0.4) is 0 Å². The average molecular weight is 427 g/mol. The fourth-order valence-corrected chi connectivity index (χ4v) is 4.47. The van der Waals surface area contributed by atoms with E-state index < -0.39 is 0 Å². The molecule has 1 amide bonds. The standard InChI is InChI=1S/C24H34N4O3/c1-17(18-8-7-9-18)27(2)24(29)30-16-22-23(25-26-28(22)3)19-12-14-21(15-13-19)31-20-10-5-4-6-11-20/h12-15,17-18,20H,4-11,16H2,1-3H3. The van der Waals surface area contributed by atoms with Crippen LogP contribution in [0.4, 0.5) is 4.79 Å². The Balaban J connectivity index is 1.38. The zero-order valence-electron chi connectivity index (χ0n) is 18.9. The van der Waals surface area contributed by atoms with Crippen LogP contribution in [-0.4, -0.2) is 45.2 Å². The van der Waals surface area contributed by atoms with Crippen LogP contribution < -0.4 is 4.74 Å². The molecule has 4 rings (SSSR count). The van der Waals surface area contributed by atoms with Crippen molar-refractivity contribution in [3.05, 3.63) is 30.0 Å². The number of benzene rings is 1. The van der Waals surface area contributed by atoms with Crippen molar-refractivity contribution in [3.63, 3.8) is 0 Å². The number of aryl methyl sites for hydroxylation is 1. The highest BCUT2D eigenvalue weighted by molar-refractivity contribution is 5.68. The second-order valence-electron chi connectivity index (χ2n) is 9.01. The molecule has 7 heteroatoms. The summed E-state index contributed by atoms with van der Waals surface area (Å²) in [5.41, 5.74) is 2.44. The Morgan fingerprint density at radius 2 is 1.84 bits per heavy atom. The van der Waals surface area contributed by atoms with E-state index in [0.717, 1.165) is 35.5 Å². The monoisotopic (exact) mass is 426 g/mol. The third kappa shape index (κ3) is 5.02. The van der Waals surface area contributed by atoms with Crippen LogP contribution in [0, 0.1) is 5.92 Å². The van der Waals surface area contributed by atoms with E-state index in [1.54, 1.807) is 9.58 Å². The molecule has 7 nitrogen and oxygen atoms in total. The fraction of sp³-hybridized carbons (Fsp3) is 0.625. The molecular formula is C24H34N4O3. The van der Waals surface area contributed by atoms with Crippen molar-refractivity contribution in [2.24, 2.45) is 13.0 Å². The van der Waals surface area contributed by atoms with E-state index >= 15 is 0 Å². The van der Waals surface area contributed by atoms with Gasteiger partial charge < -0.3 is 14.4 Å². The van der Waals surface area contributed by atoms with Gasteiger partial charge in [-0.3, -0.25) is 0 Å². The van der Waals surface area contributed by atoms with Crippen molar-refractivity contribution in [2.75, 3.05) is 7.05 Å². The summed E-state index contributed by atoms with van der Waals surface area (Å²) in [6.07, 6.45) is 9.74. The van der Waals surface area contributed by atoms with E-state index in [1.807, 2.05) is 38.4 Å². The molecule has 1 aromatic heterocycles. The first kappa shape index (κ1) is 21.7. The number of carbonyl (C=O) groups excluding carboxylic acids is 1. The van der Waals surface area contributed by atoms with Gasteiger partial charge in [0.15, 0.2) is 0 Å². The quantitative estimate of drug-likeness (QED) is 0.626. The Bertz CT molecular complexity index is 869. The van der Waals surface area contributed by atoms with Crippen LogP contribution in [0.2, 0.25) is 0 Å². The maximum Gasteiger partial charge on any atom is 0.410 e. The van der Waals surface area contributed by atoms with Crippen molar-refractivity contribution in [2.45, 2.75) is 77.0 Å². The summed E-state index contributed by atoms with van der Waals surface area (Å²) in [5, 5.41) is 8.46. The van der Waals surface area contributed by atoms with Crippen molar-refractivity contribution < 1.29 is 14.3 Å². The van der Waals surface area contributed by atoms with Gasteiger partial charge >= 0.3 is 6.09 Å². The number of aromatic nitrogens is 3. The number of rotatable bonds is 7.